The number of halogens is 2. The van der Waals surface area contributed by atoms with Gasteiger partial charge in [-0.3, -0.25) is 0 Å². The molecule has 2 aromatic rings. The van der Waals surface area contributed by atoms with Crippen LogP contribution in [0.4, 0.5) is 0 Å². The Morgan fingerprint density at radius 1 is 1.25 bits per heavy atom. The average molecular weight is 355 g/mol. The number of benzene rings is 2. The van der Waals surface area contributed by atoms with Crippen LogP contribution in [0.1, 0.15) is 24.1 Å². The summed E-state index contributed by atoms with van der Waals surface area (Å²) in [5.41, 5.74) is 2.11. The molecule has 1 unspecified atom stereocenters. The Labute approximate surface area is 133 Å². The summed E-state index contributed by atoms with van der Waals surface area (Å²) < 4.78 is 6.98. The van der Waals surface area contributed by atoms with Gasteiger partial charge in [0.2, 0.25) is 0 Å². The van der Waals surface area contributed by atoms with E-state index < -0.39 is 0 Å². The SMILES string of the molecule is CNC(C)c1cc(Br)ccc1OCc1ccccc1Cl. The largest absolute Gasteiger partial charge is 0.489 e. The molecule has 0 fully saturated rings. The Kier molecular flexibility index (Phi) is 5.46. The quantitative estimate of drug-likeness (QED) is 0.819. The second kappa shape index (κ2) is 7.11. The normalized spacial score (nSPS) is 12.2. The third-order valence-electron chi connectivity index (χ3n) is 3.21. The predicted molar refractivity (Wildman–Crippen MR) is 87.4 cm³/mol. The van der Waals surface area contributed by atoms with Crippen molar-refractivity contribution < 1.29 is 4.74 Å². The highest BCUT2D eigenvalue weighted by molar-refractivity contribution is 9.10. The molecule has 0 saturated heterocycles. The van der Waals surface area contributed by atoms with Gasteiger partial charge in [0, 0.05) is 26.7 Å². The van der Waals surface area contributed by atoms with Gasteiger partial charge in [-0.1, -0.05) is 45.7 Å². The Hall–Kier alpha value is -1.03. The molecular formula is C16H17BrClNO. The molecule has 4 heteroatoms. The first-order chi connectivity index (χ1) is 9.61. The standard InChI is InChI=1S/C16H17BrClNO/c1-11(19-2)14-9-13(17)7-8-16(14)20-10-12-5-3-4-6-15(12)18/h3-9,11,19H,10H2,1-2H3. The highest BCUT2D eigenvalue weighted by Gasteiger charge is 2.11. The first-order valence-electron chi connectivity index (χ1n) is 6.44. The molecule has 0 radical (unpaired) electrons. The van der Waals surface area contributed by atoms with Crippen molar-refractivity contribution in [2.75, 3.05) is 7.05 Å². The number of nitrogens with one attached hydrogen (secondary N) is 1. The van der Waals surface area contributed by atoms with E-state index in [4.69, 9.17) is 16.3 Å². The zero-order chi connectivity index (χ0) is 14.5. The lowest BCUT2D eigenvalue weighted by Gasteiger charge is -2.17. The number of hydrogen-bond acceptors (Lipinski definition) is 2. The van der Waals surface area contributed by atoms with E-state index in [-0.39, 0.29) is 6.04 Å². The van der Waals surface area contributed by atoms with Crippen molar-refractivity contribution in [2.24, 2.45) is 0 Å². The average Bonchev–Trinajstić information content (AvgIpc) is 2.46. The Bertz CT molecular complexity index is 588. The molecule has 0 aliphatic rings. The van der Waals surface area contributed by atoms with Crippen LogP contribution in [0.5, 0.6) is 5.75 Å². The first-order valence-corrected chi connectivity index (χ1v) is 7.62. The molecule has 0 aromatic heterocycles. The number of ether oxygens (including phenoxy) is 1. The van der Waals surface area contributed by atoms with Crippen LogP contribution in [0.15, 0.2) is 46.9 Å². The topological polar surface area (TPSA) is 21.3 Å². The van der Waals surface area contributed by atoms with E-state index in [9.17, 15) is 0 Å². The fourth-order valence-electron chi connectivity index (χ4n) is 1.92. The van der Waals surface area contributed by atoms with E-state index in [1.165, 1.54) is 0 Å². The minimum Gasteiger partial charge on any atom is -0.489 e. The van der Waals surface area contributed by atoms with E-state index in [1.807, 2.05) is 43.4 Å². The van der Waals surface area contributed by atoms with Crippen molar-refractivity contribution in [1.29, 1.82) is 0 Å². The van der Waals surface area contributed by atoms with Gasteiger partial charge in [-0.15, -0.1) is 0 Å². The summed E-state index contributed by atoms with van der Waals surface area (Å²) in [6, 6.07) is 14.0. The number of hydrogen-bond donors (Lipinski definition) is 1. The molecule has 1 atom stereocenters. The maximum Gasteiger partial charge on any atom is 0.124 e. The van der Waals surface area contributed by atoms with Crippen molar-refractivity contribution in [3.63, 3.8) is 0 Å². The van der Waals surface area contributed by atoms with E-state index >= 15 is 0 Å². The van der Waals surface area contributed by atoms with Crippen LogP contribution >= 0.6 is 27.5 Å². The molecular weight excluding hydrogens is 338 g/mol. The molecule has 0 amide bonds. The minimum atomic E-state index is 0.216. The third-order valence-corrected chi connectivity index (χ3v) is 4.07. The van der Waals surface area contributed by atoms with Gasteiger partial charge in [-0.05, 0) is 38.2 Å². The van der Waals surface area contributed by atoms with Crippen molar-refractivity contribution >= 4 is 27.5 Å². The molecule has 0 spiro atoms. The Morgan fingerprint density at radius 2 is 2.00 bits per heavy atom. The van der Waals surface area contributed by atoms with Crippen LogP contribution < -0.4 is 10.1 Å². The predicted octanol–water partition coefficient (Wildman–Crippen LogP) is 4.96. The second-order valence-corrected chi connectivity index (χ2v) is 5.90. The van der Waals surface area contributed by atoms with Crippen LogP contribution in [0, 0.1) is 0 Å². The summed E-state index contributed by atoms with van der Waals surface area (Å²) in [5.74, 6) is 0.870. The molecule has 0 aliphatic carbocycles. The van der Waals surface area contributed by atoms with E-state index in [2.05, 4.69) is 34.2 Å². The smallest absolute Gasteiger partial charge is 0.124 e. The summed E-state index contributed by atoms with van der Waals surface area (Å²) >= 11 is 9.64. The van der Waals surface area contributed by atoms with Crippen molar-refractivity contribution in [3.8, 4) is 5.75 Å². The molecule has 2 nitrogen and oxygen atoms in total. The highest BCUT2D eigenvalue weighted by atomic mass is 79.9. The molecule has 0 bridgehead atoms. The van der Waals surface area contributed by atoms with Gasteiger partial charge in [0.15, 0.2) is 0 Å². The molecule has 0 aliphatic heterocycles. The van der Waals surface area contributed by atoms with Crippen LogP contribution in [0.25, 0.3) is 0 Å². The van der Waals surface area contributed by atoms with Crippen LogP contribution in [-0.2, 0) is 6.61 Å². The van der Waals surface area contributed by atoms with Gasteiger partial charge < -0.3 is 10.1 Å². The maximum absolute atomic E-state index is 6.15. The summed E-state index contributed by atoms with van der Waals surface area (Å²) in [7, 11) is 1.93. The van der Waals surface area contributed by atoms with Crippen molar-refractivity contribution in [1.82, 2.24) is 5.32 Å². The maximum atomic E-state index is 6.15. The first kappa shape index (κ1) is 15.4. The van der Waals surface area contributed by atoms with Crippen molar-refractivity contribution in [2.45, 2.75) is 19.6 Å². The fraction of sp³-hybridized carbons (Fsp3) is 0.250. The van der Waals surface area contributed by atoms with Gasteiger partial charge in [-0.2, -0.15) is 0 Å². The zero-order valence-corrected chi connectivity index (χ0v) is 13.8. The summed E-state index contributed by atoms with van der Waals surface area (Å²) in [6.45, 7) is 2.56. The van der Waals surface area contributed by atoms with E-state index in [0.29, 0.717) is 6.61 Å². The summed E-state index contributed by atoms with van der Waals surface area (Å²) in [4.78, 5) is 0. The van der Waals surface area contributed by atoms with Crippen LogP contribution in [0.2, 0.25) is 5.02 Å². The van der Waals surface area contributed by atoms with Gasteiger partial charge in [0.05, 0.1) is 0 Å². The fourth-order valence-corrected chi connectivity index (χ4v) is 2.48. The van der Waals surface area contributed by atoms with E-state index in [0.717, 1.165) is 26.4 Å². The lowest BCUT2D eigenvalue weighted by Crippen LogP contribution is -2.13. The highest BCUT2D eigenvalue weighted by Crippen LogP contribution is 2.29. The van der Waals surface area contributed by atoms with Gasteiger partial charge in [0.25, 0.3) is 0 Å². The van der Waals surface area contributed by atoms with E-state index in [1.54, 1.807) is 0 Å². The van der Waals surface area contributed by atoms with Gasteiger partial charge in [0.1, 0.15) is 12.4 Å². The Balaban J connectivity index is 2.19. The lowest BCUT2D eigenvalue weighted by molar-refractivity contribution is 0.300. The molecule has 1 N–H and O–H groups in total. The van der Waals surface area contributed by atoms with Crippen molar-refractivity contribution in [3.05, 3.63) is 63.1 Å². The summed E-state index contributed by atoms with van der Waals surface area (Å²) in [6.07, 6.45) is 0. The minimum absolute atomic E-state index is 0.216. The van der Waals surface area contributed by atoms with Gasteiger partial charge >= 0.3 is 0 Å². The molecule has 2 rings (SSSR count). The third kappa shape index (κ3) is 3.75. The molecule has 0 saturated carbocycles. The van der Waals surface area contributed by atoms with Crippen LogP contribution in [0.3, 0.4) is 0 Å². The monoisotopic (exact) mass is 353 g/mol. The molecule has 2 aromatic carbocycles. The van der Waals surface area contributed by atoms with Crippen LogP contribution in [-0.4, -0.2) is 7.05 Å². The summed E-state index contributed by atoms with van der Waals surface area (Å²) in [5, 5.41) is 3.96. The number of rotatable bonds is 5. The molecule has 20 heavy (non-hydrogen) atoms. The second-order valence-electron chi connectivity index (χ2n) is 4.57. The zero-order valence-electron chi connectivity index (χ0n) is 11.5. The Morgan fingerprint density at radius 3 is 2.70 bits per heavy atom. The van der Waals surface area contributed by atoms with Gasteiger partial charge in [-0.25, -0.2) is 0 Å². The molecule has 106 valence electrons. The lowest BCUT2D eigenvalue weighted by atomic mass is 10.1. The molecule has 0 heterocycles.